The van der Waals surface area contributed by atoms with Crippen LogP contribution in [0.5, 0.6) is 0 Å². The van der Waals surface area contributed by atoms with Crippen LogP contribution in [-0.2, 0) is 9.53 Å². The average molecular weight is 258 g/mol. The highest BCUT2D eigenvalue weighted by molar-refractivity contribution is 5.95. The van der Waals surface area contributed by atoms with E-state index in [1.54, 1.807) is 11.8 Å². The normalized spacial score (nSPS) is 25.2. The molecular formula is C13H14N4O2. The first kappa shape index (κ1) is 13.0. The Kier molecular flexibility index (Phi) is 3.18. The van der Waals surface area contributed by atoms with Gasteiger partial charge in [0.2, 0.25) is 0 Å². The molecule has 2 aliphatic rings. The second-order valence-corrected chi connectivity index (χ2v) is 4.39. The lowest BCUT2D eigenvalue weighted by Crippen LogP contribution is -2.53. The number of ether oxygens (including phenoxy) is 1. The topological polar surface area (TPSA) is 89.2 Å². The van der Waals surface area contributed by atoms with Gasteiger partial charge in [-0.3, -0.25) is 4.79 Å². The second kappa shape index (κ2) is 4.66. The molecule has 0 fully saturated rings. The summed E-state index contributed by atoms with van der Waals surface area (Å²) in [6.07, 6.45) is -0.448. The fourth-order valence-corrected chi connectivity index (χ4v) is 2.57. The molecule has 0 aromatic carbocycles. The number of nitriles is 2. The van der Waals surface area contributed by atoms with Crippen LogP contribution in [0, 0.1) is 22.7 Å². The lowest BCUT2D eigenvalue weighted by molar-refractivity contribution is -0.114. The fourth-order valence-electron chi connectivity index (χ4n) is 2.57. The first-order valence-corrected chi connectivity index (χ1v) is 6.01. The Morgan fingerprint density at radius 2 is 2.16 bits per heavy atom. The zero-order valence-corrected chi connectivity index (χ0v) is 11.0. The Labute approximate surface area is 111 Å². The number of nitrogens with zero attached hydrogens (tertiary/aromatic N) is 3. The number of hydrogen-bond donors (Lipinski definition) is 1. The number of fused-ring (bicyclic) bond motifs is 1. The Balaban J connectivity index is 2.49. The molecular weight excluding hydrogens is 244 g/mol. The minimum Gasteiger partial charge on any atom is -0.472 e. The van der Waals surface area contributed by atoms with Gasteiger partial charge in [0, 0.05) is 6.54 Å². The van der Waals surface area contributed by atoms with Crippen LogP contribution >= 0.6 is 0 Å². The zero-order chi connectivity index (χ0) is 14.2. The van der Waals surface area contributed by atoms with Gasteiger partial charge < -0.3 is 15.0 Å². The summed E-state index contributed by atoms with van der Waals surface area (Å²) in [6, 6.07) is 3.59. The maximum Gasteiger partial charge on any atom is 0.197 e. The Morgan fingerprint density at radius 3 is 2.63 bits per heavy atom. The zero-order valence-electron chi connectivity index (χ0n) is 11.0. The van der Waals surface area contributed by atoms with E-state index < -0.39 is 12.3 Å². The molecule has 2 aliphatic heterocycles. The van der Waals surface area contributed by atoms with E-state index in [4.69, 9.17) is 10.00 Å². The van der Waals surface area contributed by atoms with Gasteiger partial charge in [-0.05, 0) is 20.8 Å². The molecule has 0 spiro atoms. The van der Waals surface area contributed by atoms with Crippen LogP contribution in [0.1, 0.15) is 20.8 Å². The summed E-state index contributed by atoms with van der Waals surface area (Å²) in [6.45, 7) is 5.59. The van der Waals surface area contributed by atoms with Gasteiger partial charge in [0.25, 0.3) is 0 Å². The summed E-state index contributed by atoms with van der Waals surface area (Å²) in [5.41, 5.74) is 0.972. The summed E-state index contributed by atoms with van der Waals surface area (Å²) in [7, 11) is 0. The van der Waals surface area contributed by atoms with E-state index in [0.717, 1.165) is 0 Å². The molecule has 2 atom stereocenters. The second-order valence-electron chi connectivity index (χ2n) is 4.39. The number of likely N-dealkylation sites (N-methyl/N-ethyl adjacent to an activating group) is 1. The van der Waals surface area contributed by atoms with Crippen molar-refractivity contribution in [1.29, 1.82) is 10.5 Å². The van der Waals surface area contributed by atoms with Crippen molar-refractivity contribution in [3.8, 4) is 12.1 Å². The van der Waals surface area contributed by atoms with E-state index in [0.29, 0.717) is 17.9 Å². The quantitative estimate of drug-likeness (QED) is 0.786. The summed E-state index contributed by atoms with van der Waals surface area (Å²) >= 11 is 0. The number of carbonyl (C=O) groups is 1. The molecule has 0 aromatic rings. The van der Waals surface area contributed by atoms with Crippen molar-refractivity contribution < 1.29 is 9.53 Å². The van der Waals surface area contributed by atoms with Gasteiger partial charge in [-0.25, -0.2) is 0 Å². The lowest BCUT2D eigenvalue weighted by atomic mass is 9.99. The van der Waals surface area contributed by atoms with Gasteiger partial charge in [0.05, 0.1) is 5.57 Å². The van der Waals surface area contributed by atoms with E-state index in [2.05, 4.69) is 5.32 Å². The summed E-state index contributed by atoms with van der Waals surface area (Å²) < 4.78 is 5.70. The summed E-state index contributed by atoms with van der Waals surface area (Å²) in [5, 5.41) is 21.2. The highest BCUT2D eigenvalue weighted by atomic mass is 16.5. The molecule has 0 radical (unpaired) electrons. The SMILES string of the molecule is CCN1C(C#N)=C(C#N)N[C@H]2C(C(C)=O)=C(C)O[C@H]21. The highest BCUT2D eigenvalue weighted by Crippen LogP contribution is 2.34. The predicted molar refractivity (Wildman–Crippen MR) is 65.8 cm³/mol. The molecule has 0 aromatic heterocycles. The van der Waals surface area contributed by atoms with Crippen LogP contribution in [0.25, 0.3) is 0 Å². The van der Waals surface area contributed by atoms with Crippen molar-refractivity contribution in [3.05, 3.63) is 22.7 Å². The number of allylic oxidation sites excluding steroid dienone is 3. The number of ketones is 1. The largest absolute Gasteiger partial charge is 0.472 e. The molecule has 0 bridgehead atoms. The van der Waals surface area contributed by atoms with E-state index in [1.807, 2.05) is 19.1 Å². The van der Waals surface area contributed by atoms with E-state index in [-0.39, 0.29) is 17.2 Å². The third-order valence-electron chi connectivity index (χ3n) is 3.34. The smallest absolute Gasteiger partial charge is 0.197 e. The van der Waals surface area contributed by atoms with Crippen LogP contribution < -0.4 is 5.32 Å². The van der Waals surface area contributed by atoms with Crippen molar-refractivity contribution in [3.63, 3.8) is 0 Å². The van der Waals surface area contributed by atoms with Crippen LogP contribution in [0.4, 0.5) is 0 Å². The summed E-state index contributed by atoms with van der Waals surface area (Å²) in [4.78, 5) is 13.4. The van der Waals surface area contributed by atoms with Crippen molar-refractivity contribution >= 4 is 5.78 Å². The van der Waals surface area contributed by atoms with Crippen molar-refractivity contribution in [2.24, 2.45) is 0 Å². The molecule has 2 rings (SSSR count). The van der Waals surface area contributed by atoms with Crippen molar-refractivity contribution in [2.45, 2.75) is 33.0 Å². The van der Waals surface area contributed by atoms with Crippen LogP contribution in [0.3, 0.4) is 0 Å². The molecule has 0 saturated heterocycles. The Bertz CT molecular complexity index is 576. The number of Topliss-reactive ketones (excluding diaryl/α,β-unsaturated/α-hetero) is 1. The van der Waals surface area contributed by atoms with Crippen LogP contribution in [0.15, 0.2) is 22.7 Å². The van der Waals surface area contributed by atoms with Gasteiger partial charge >= 0.3 is 0 Å². The molecule has 0 unspecified atom stereocenters. The van der Waals surface area contributed by atoms with E-state index in [9.17, 15) is 10.1 Å². The number of hydrogen-bond acceptors (Lipinski definition) is 6. The molecule has 6 heteroatoms. The van der Waals surface area contributed by atoms with Crippen LogP contribution in [-0.4, -0.2) is 29.5 Å². The summed E-state index contributed by atoms with van der Waals surface area (Å²) in [5.74, 6) is 0.455. The molecule has 19 heavy (non-hydrogen) atoms. The molecule has 1 N–H and O–H groups in total. The lowest BCUT2D eigenvalue weighted by Gasteiger charge is -2.37. The fraction of sp³-hybridized carbons (Fsp3) is 0.462. The maximum absolute atomic E-state index is 11.7. The van der Waals surface area contributed by atoms with Gasteiger partial charge in [-0.15, -0.1) is 0 Å². The first-order valence-electron chi connectivity index (χ1n) is 6.01. The van der Waals surface area contributed by atoms with Gasteiger partial charge in [-0.2, -0.15) is 10.5 Å². The Morgan fingerprint density at radius 1 is 1.47 bits per heavy atom. The third-order valence-corrected chi connectivity index (χ3v) is 3.34. The average Bonchev–Trinajstić information content (AvgIpc) is 2.71. The maximum atomic E-state index is 11.7. The molecule has 0 saturated carbocycles. The molecule has 2 heterocycles. The predicted octanol–water partition coefficient (Wildman–Crippen LogP) is 0.758. The Hall–Kier alpha value is -2.47. The first-order chi connectivity index (χ1) is 9.04. The molecule has 0 aliphatic carbocycles. The third kappa shape index (κ3) is 1.82. The highest BCUT2D eigenvalue weighted by Gasteiger charge is 2.45. The number of rotatable bonds is 2. The molecule has 0 amide bonds. The van der Waals surface area contributed by atoms with E-state index in [1.165, 1.54) is 6.92 Å². The van der Waals surface area contributed by atoms with Crippen molar-refractivity contribution in [1.82, 2.24) is 10.2 Å². The van der Waals surface area contributed by atoms with E-state index >= 15 is 0 Å². The minimum absolute atomic E-state index is 0.0914. The minimum atomic E-state index is -0.448. The van der Waals surface area contributed by atoms with Crippen molar-refractivity contribution in [2.75, 3.05) is 6.54 Å². The monoisotopic (exact) mass is 258 g/mol. The van der Waals surface area contributed by atoms with Gasteiger partial charge in [0.1, 0.15) is 29.6 Å². The van der Waals surface area contributed by atoms with Gasteiger partial charge in [-0.1, -0.05) is 0 Å². The van der Waals surface area contributed by atoms with Gasteiger partial charge in [0.15, 0.2) is 17.7 Å². The standard InChI is InChI=1S/C13H14N4O2/c1-4-17-10(6-15)9(5-14)16-12-11(7(2)18)8(3)19-13(12)17/h12-13,16H,4H2,1-3H3/t12-,13+/m0/s1. The molecule has 98 valence electrons. The molecule has 6 nitrogen and oxygen atoms in total. The van der Waals surface area contributed by atoms with Crippen LogP contribution in [0.2, 0.25) is 0 Å². The number of carbonyl (C=O) groups excluding carboxylic acids is 1. The number of nitrogens with one attached hydrogen (secondary N) is 1.